The molecule has 3 aromatic rings. The number of benzene rings is 3. The van der Waals surface area contributed by atoms with Crippen molar-refractivity contribution in [3.05, 3.63) is 107 Å². The Balaban J connectivity index is 1.56. The van der Waals surface area contributed by atoms with Crippen molar-refractivity contribution in [2.45, 2.75) is 31.7 Å². The number of hydrogen-bond acceptors (Lipinski definition) is 2. The molecule has 3 heteroatoms. The predicted molar refractivity (Wildman–Crippen MR) is 106 cm³/mol. The summed E-state index contributed by atoms with van der Waals surface area (Å²) in [6.45, 7) is 1.46. The van der Waals surface area contributed by atoms with E-state index < -0.39 is 0 Å². The first kappa shape index (κ1) is 16.3. The van der Waals surface area contributed by atoms with Crippen molar-refractivity contribution in [2.75, 3.05) is 0 Å². The van der Waals surface area contributed by atoms with Crippen LogP contribution in [0.4, 0.5) is 0 Å². The Kier molecular flexibility index (Phi) is 4.02. The van der Waals surface area contributed by atoms with Crippen molar-refractivity contribution in [3.8, 4) is 0 Å². The molecule has 2 heterocycles. The van der Waals surface area contributed by atoms with Gasteiger partial charge in [-0.25, -0.2) is 0 Å². The Bertz CT molecular complexity index is 954. The molecule has 5 rings (SSSR count). The molecule has 0 spiro atoms. The van der Waals surface area contributed by atoms with Gasteiger partial charge in [-0.05, 0) is 28.7 Å². The van der Waals surface area contributed by atoms with Gasteiger partial charge in [-0.3, -0.25) is 9.69 Å². The van der Waals surface area contributed by atoms with Gasteiger partial charge in [0.2, 0.25) is 5.91 Å². The minimum Gasteiger partial charge on any atom is -0.317 e. The highest BCUT2D eigenvalue weighted by Gasteiger charge is 2.48. The minimum absolute atomic E-state index is 0.0164. The highest BCUT2D eigenvalue weighted by atomic mass is 16.2. The monoisotopic (exact) mass is 354 g/mol. The van der Waals surface area contributed by atoms with E-state index in [9.17, 15) is 4.79 Å². The Labute approximate surface area is 159 Å². The smallest absolute Gasteiger partial charge is 0.242 e. The molecule has 134 valence electrons. The van der Waals surface area contributed by atoms with E-state index in [1.54, 1.807) is 0 Å². The zero-order chi connectivity index (χ0) is 18.2. The lowest BCUT2D eigenvalue weighted by atomic mass is 9.94. The van der Waals surface area contributed by atoms with E-state index in [1.807, 2.05) is 24.3 Å². The number of nitrogens with zero attached hydrogens (tertiary/aromatic N) is 2. The zero-order valence-electron chi connectivity index (χ0n) is 15.2. The second-order valence-corrected chi connectivity index (χ2v) is 7.40. The summed E-state index contributed by atoms with van der Waals surface area (Å²) in [7, 11) is 0. The van der Waals surface area contributed by atoms with Crippen LogP contribution in [0.15, 0.2) is 84.9 Å². The summed E-state index contributed by atoms with van der Waals surface area (Å²) in [5.41, 5.74) is 5.00. The van der Waals surface area contributed by atoms with Crippen molar-refractivity contribution < 1.29 is 4.79 Å². The lowest BCUT2D eigenvalue weighted by Crippen LogP contribution is -2.39. The van der Waals surface area contributed by atoms with Crippen LogP contribution in [-0.4, -0.2) is 21.7 Å². The van der Waals surface area contributed by atoms with Crippen LogP contribution in [-0.2, 0) is 24.3 Å². The molecule has 1 amide bonds. The van der Waals surface area contributed by atoms with E-state index in [0.29, 0.717) is 6.54 Å². The van der Waals surface area contributed by atoms with E-state index >= 15 is 0 Å². The summed E-state index contributed by atoms with van der Waals surface area (Å²) >= 11 is 0. The van der Waals surface area contributed by atoms with Gasteiger partial charge in [-0.1, -0.05) is 84.9 Å². The van der Waals surface area contributed by atoms with E-state index in [2.05, 4.69) is 70.5 Å². The first-order valence-electron chi connectivity index (χ1n) is 9.53. The van der Waals surface area contributed by atoms with E-state index in [0.717, 1.165) is 13.0 Å². The topological polar surface area (TPSA) is 23.6 Å². The molecule has 0 aliphatic carbocycles. The number of rotatable bonds is 3. The first-order valence-corrected chi connectivity index (χ1v) is 9.53. The Morgan fingerprint density at radius 2 is 1.41 bits per heavy atom. The zero-order valence-corrected chi connectivity index (χ0v) is 15.2. The average molecular weight is 354 g/mol. The summed E-state index contributed by atoms with van der Waals surface area (Å²) in [6, 6.07) is 29.2. The Morgan fingerprint density at radius 1 is 0.778 bits per heavy atom. The van der Waals surface area contributed by atoms with Gasteiger partial charge in [-0.2, -0.15) is 0 Å². The van der Waals surface area contributed by atoms with Gasteiger partial charge in [0.25, 0.3) is 0 Å². The van der Waals surface area contributed by atoms with Gasteiger partial charge < -0.3 is 4.90 Å². The van der Waals surface area contributed by atoms with Crippen LogP contribution >= 0.6 is 0 Å². The molecule has 27 heavy (non-hydrogen) atoms. The molecule has 2 unspecified atom stereocenters. The number of hydrogen-bond donors (Lipinski definition) is 0. The van der Waals surface area contributed by atoms with Gasteiger partial charge in [0.15, 0.2) is 0 Å². The van der Waals surface area contributed by atoms with Gasteiger partial charge in [-0.15, -0.1) is 0 Å². The number of amides is 1. The molecule has 3 nitrogen and oxygen atoms in total. The molecule has 1 saturated heterocycles. The quantitative estimate of drug-likeness (QED) is 0.705. The molecule has 0 aromatic heterocycles. The fraction of sp³-hybridized carbons (Fsp3) is 0.208. The molecular weight excluding hydrogens is 332 g/mol. The fourth-order valence-electron chi connectivity index (χ4n) is 4.46. The van der Waals surface area contributed by atoms with Crippen molar-refractivity contribution in [2.24, 2.45) is 0 Å². The number of carbonyl (C=O) groups is 1. The third kappa shape index (κ3) is 2.84. The highest BCUT2D eigenvalue weighted by molar-refractivity contribution is 5.85. The Morgan fingerprint density at radius 3 is 2.15 bits per heavy atom. The van der Waals surface area contributed by atoms with Crippen LogP contribution in [0.2, 0.25) is 0 Å². The van der Waals surface area contributed by atoms with Gasteiger partial charge in [0.1, 0.15) is 6.17 Å². The standard InChI is InChI=1S/C24H22N2O/c27-24-22-15-20-13-7-8-14-21(20)17-25(22)23(19-11-5-2-6-12-19)26(24)16-18-9-3-1-4-10-18/h1-14,22-23H,15-17H2. The first-order chi connectivity index (χ1) is 13.3. The molecule has 0 bridgehead atoms. The van der Waals surface area contributed by atoms with E-state index in [4.69, 9.17) is 0 Å². The van der Waals surface area contributed by atoms with Crippen LogP contribution < -0.4 is 0 Å². The summed E-state index contributed by atoms with van der Waals surface area (Å²) in [5, 5.41) is 0. The lowest BCUT2D eigenvalue weighted by Gasteiger charge is -2.35. The van der Waals surface area contributed by atoms with Crippen LogP contribution in [0.3, 0.4) is 0 Å². The third-order valence-corrected chi connectivity index (χ3v) is 5.76. The lowest BCUT2D eigenvalue weighted by molar-refractivity contribution is -0.130. The number of carbonyl (C=O) groups excluding carboxylic acids is 1. The molecule has 2 aliphatic heterocycles. The predicted octanol–water partition coefficient (Wildman–Crippen LogP) is 4.15. The summed E-state index contributed by atoms with van der Waals surface area (Å²) < 4.78 is 0. The maximum Gasteiger partial charge on any atom is 0.242 e. The average Bonchev–Trinajstić information content (AvgIpc) is 2.99. The maximum atomic E-state index is 13.4. The van der Waals surface area contributed by atoms with Crippen molar-refractivity contribution in [3.63, 3.8) is 0 Å². The van der Waals surface area contributed by atoms with Crippen molar-refractivity contribution in [1.29, 1.82) is 0 Å². The van der Waals surface area contributed by atoms with Crippen LogP contribution in [0.5, 0.6) is 0 Å². The summed E-state index contributed by atoms with van der Waals surface area (Å²) in [4.78, 5) is 17.9. The SMILES string of the molecule is O=C1C2Cc3ccccc3CN2C(c2ccccc2)N1Cc1ccccc1. The fourth-order valence-corrected chi connectivity index (χ4v) is 4.46. The van der Waals surface area contributed by atoms with Crippen LogP contribution in [0.1, 0.15) is 28.4 Å². The van der Waals surface area contributed by atoms with E-state index in [1.165, 1.54) is 22.3 Å². The molecule has 3 aromatic carbocycles. The highest BCUT2D eigenvalue weighted by Crippen LogP contribution is 2.40. The van der Waals surface area contributed by atoms with Crippen molar-refractivity contribution in [1.82, 2.24) is 9.80 Å². The molecule has 2 aliphatic rings. The molecule has 1 fully saturated rings. The van der Waals surface area contributed by atoms with Gasteiger partial charge in [0, 0.05) is 13.1 Å². The van der Waals surface area contributed by atoms with Crippen molar-refractivity contribution >= 4 is 5.91 Å². The van der Waals surface area contributed by atoms with Crippen LogP contribution in [0.25, 0.3) is 0 Å². The molecule has 0 radical (unpaired) electrons. The largest absolute Gasteiger partial charge is 0.317 e. The third-order valence-electron chi connectivity index (χ3n) is 5.76. The molecule has 2 atom stereocenters. The molecule has 0 N–H and O–H groups in total. The van der Waals surface area contributed by atoms with Crippen LogP contribution in [0, 0.1) is 0 Å². The summed E-state index contributed by atoms with van der Waals surface area (Å²) in [5.74, 6) is 0.238. The maximum absolute atomic E-state index is 13.4. The van der Waals surface area contributed by atoms with Gasteiger partial charge >= 0.3 is 0 Å². The second kappa shape index (κ2) is 6.67. The summed E-state index contributed by atoms with van der Waals surface area (Å²) in [6.07, 6.45) is 0.779. The van der Waals surface area contributed by atoms with Gasteiger partial charge in [0.05, 0.1) is 6.04 Å². The molecule has 0 saturated carbocycles. The Hall–Kier alpha value is -2.91. The minimum atomic E-state index is -0.0752. The normalized spacial score (nSPS) is 21.8. The second-order valence-electron chi connectivity index (χ2n) is 7.40. The molecular formula is C24H22N2O. The van der Waals surface area contributed by atoms with E-state index in [-0.39, 0.29) is 18.1 Å². The number of fused-ring (bicyclic) bond motifs is 2.